The SMILES string of the molecule is Cc1ccc(S(=O)(=O)N(CC(=O)NN=C2CCCCCC2)c2ccccc2C)cc1. The van der Waals surface area contributed by atoms with Crippen LogP contribution in [-0.2, 0) is 14.8 Å². The molecule has 2 aromatic carbocycles. The highest BCUT2D eigenvalue weighted by molar-refractivity contribution is 7.92. The van der Waals surface area contributed by atoms with Gasteiger partial charge in [0.2, 0.25) is 0 Å². The van der Waals surface area contributed by atoms with Gasteiger partial charge < -0.3 is 0 Å². The lowest BCUT2D eigenvalue weighted by Gasteiger charge is -2.25. The molecule has 0 unspecified atom stereocenters. The lowest BCUT2D eigenvalue weighted by molar-refractivity contribution is -0.119. The van der Waals surface area contributed by atoms with Crippen molar-refractivity contribution in [1.29, 1.82) is 0 Å². The Morgan fingerprint density at radius 3 is 2.23 bits per heavy atom. The minimum Gasteiger partial charge on any atom is -0.271 e. The second-order valence-corrected chi connectivity index (χ2v) is 9.60. The molecule has 3 rings (SSSR count). The van der Waals surface area contributed by atoms with Crippen LogP contribution in [0.25, 0.3) is 0 Å². The number of carbonyl (C=O) groups is 1. The average molecular weight is 428 g/mol. The molecule has 1 amide bonds. The summed E-state index contributed by atoms with van der Waals surface area (Å²) in [6.45, 7) is 3.39. The molecule has 0 saturated heterocycles. The van der Waals surface area contributed by atoms with Gasteiger partial charge in [-0.3, -0.25) is 9.10 Å². The van der Waals surface area contributed by atoms with Crippen LogP contribution in [0, 0.1) is 13.8 Å². The zero-order chi connectivity index (χ0) is 21.6. The zero-order valence-electron chi connectivity index (χ0n) is 17.6. The second kappa shape index (κ2) is 9.89. The van der Waals surface area contributed by atoms with E-state index in [1.165, 1.54) is 12.8 Å². The first kappa shape index (κ1) is 22.0. The molecule has 0 bridgehead atoms. The van der Waals surface area contributed by atoms with Crippen LogP contribution in [0.1, 0.15) is 49.7 Å². The number of hydrogen-bond acceptors (Lipinski definition) is 4. The van der Waals surface area contributed by atoms with Gasteiger partial charge in [-0.1, -0.05) is 48.7 Å². The standard InChI is InChI=1S/C23H29N3O3S/c1-18-13-15-21(16-14-18)30(28,29)26(22-12-8-7-9-19(22)2)17-23(27)25-24-20-10-5-3-4-6-11-20/h7-9,12-16H,3-6,10-11,17H2,1-2H3,(H,25,27). The van der Waals surface area contributed by atoms with Crippen molar-refractivity contribution in [2.75, 3.05) is 10.8 Å². The van der Waals surface area contributed by atoms with Gasteiger partial charge in [0.1, 0.15) is 6.54 Å². The minimum absolute atomic E-state index is 0.152. The molecular formula is C23H29N3O3S. The van der Waals surface area contributed by atoms with Gasteiger partial charge >= 0.3 is 0 Å². The maximum atomic E-state index is 13.4. The van der Waals surface area contributed by atoms with E-state index < -0.39 is 15.9 Å². The van der Waals surface area contributed by atoms with Crippen molar-refractivity contribution < 1.29 is 13.2 Å². The molecule has 0 heterocycles. The number of amides is 1. The number of anilines is 1. The first-order valence-corrected chi connectivity index (χ1v) is 11.8. The third kappa shape index (κ3) is 5.48. The summed E-state index contributed by atoms with van der Waals surface area (Å²) in [4.78, 5) is 12.8. The topological polar surface area (TPSA) is 78.8 Å². The van der Waals surface area contributed by atoms with Crippen molar-refractivity contribution in [3.63, 3.8) is 0 Å². The molecule has 1 aliphatic carbocycles. The van der Waals surface area contributed by atoms with E-state index in [4.69, 9.17) is 0 Å². The fourth-order valence-electron chi connectivity index (χ4n) is 3.54. The molecule has 1 aliphatic rings. The molecular weight excluding hydrogens is 398 g/mol. The summed E-state index contributed by atoms with van der Waals surface area (Å²) < 4.78 is 27.9. The molecule has 0 spiro atoms. The van der Waals surface area contributed by atoms with Crippen LogP contribution in [0.4, 0.5) is 5.69 Å². The number of nitrogens with one attached hydrogen (secondary N) is 1. The Morgan fingerprint density at radius 2 is 1.60 bits per heavy atom. The average Bonchev–Trinajstić information content (AvgIpc) is 3.00. The van der Waals surface area contributed by atoms with Crippen molar-refractivity contribution >= 4 is 27.3 Å². The van der Waals surface area contributed by atoms with E-state index in [0.29, 0.717) is 5.69 Å². The van der Waals surface area contributed by atoms with Crippen LogP contribution in [0.15, 0.2) is 58.5 Å². The highest BCUT2D eigenvalue weighted by Gasteiger charge is 2.28. The summed E-state index contributed by atoms with van der Waals surface area (Å²) in [5.41, 5.74) is 5.77. The van der Waals surface area contributed by atoms with E-state index in [1.807, 2.05) is 26.0 Å². The number of nitrogens with zero attached hydrogens (tertiary/aromatic N) is 2. The summed E-state index contributed by atoms with van der Waals surface area (Å²) in [5, 5.41) is 4.27. The van der Waals surface area contributed by atoms with Crippen molar-refractivity contribution in [3.8, 4) is 0 Å². The van der Waals surface area contributed by atoms with Crippen LogP contribution >= 0.6 is 0 Å². The minimum atomic E-state index is -3.91. The quantitative estimate of drug-likeness (QED) is 0.551. The predicted octanol–water partition coefficient (Wildman–Crippen LogP) is 4.33. The number of hydrogen-bond donors (Lipinski definition) is 1. The molecule has 2 aromatic rings. The Bertz CT molecular complexity index is 1000. The Balaban J connectivity index is 1.86. The normalized spacial score (nSPS) is 14.7. The largest absolute Gasteiger partial charge is 0.271 e. The molecule has 1 saturated carbocycles. The van der Waals surface area contributed by atoms with Crippen LogP contribution < -0.4 is 9.73 Å². The number of hydrazone groups is 1. The predicted molar refractivity (Wildman–Crippen MR) is 120 cm³/mol. The molecule has 0 atom stereocenters. The van der Waals surface area contributed by atoms with Crippen LogP contribution in [0.2, 0.25) is 0 Å². The number of carbonyl (C=O) groups excluding carboxylic acids is 1. The van der Waals surface area contributed by atoms with Crippen molar-refractivity contribution in [1.82, 2.24) is 5.43 Å². The summed E-state index contributed by atoms with van der Waals surface area (Å²) in [6, 6.07) is 13.8. The van der Waals surface area contributed by atoms with Crippen molar-refractivity contribution in [3.05, 3.63) is 59.7 Å². The summed E-state index contributed by atoms with van der Waals surface area (Å²) in [5.74, 6) is -0.453. The molecule has 6 nitrogen and oxygen atoms in total. The highest BCUT2D eigenvalue weighted by atomic mass is 32.2. The Morgan fingerprint density at radius 1 is 0.967 bits per heavy atom. The smallest absolute Gasteiger partial charge is 0.264 e. The van der Waals surface area contributed by atoms with Gasteiger partial charge in [0.25, 0.3) is 15.9 Å². The molecule has 1 N–H and O–H groups in total. The van der Waals surface area contributed by atoms with Gasteiger partial charge in [-0.2, -0.15) is 5.10 Å². The third-order valence-electron chi connectivity index (χ3n) is 5.30. The molecule has 0 radical (unpaired) electrons. The molecule has 160 valence electrons. The fourth-order valence-corrected chi connectivity index (χ4v) is 5.02. The molecule has 0 aromatic heterocycles. The lowest BCUT2D eigenvalue weighted by Crippen LogP contribution is -2.40. The first-order valence-electron chi connectivity index (χ1n) is 10.4. The van der Waals surface area contributed by atoms with Crippen LogP contribution in [0.5, 0.6) is 0 Å². The summed E-state index contributed by atoms with van der Waals surface area (Å²) >= 11 is 0. The van der Waals surface area contributed by atoms with E-state index in [1.54, 1.807) is 36.4 Å². The second-order valence-electron chi connectivity index (χ2n) is 7.74. The Hall–Kier alpha value is -2.67. The maximum Gasteiger partial charge on any atom is 0.264 e. The summed E-state index contributed by atoms with van der Waals surface area (Å²) in [6.07, 6.45) is 6.27. The van der Waals surface area contributed by atoms with Gasteiger partial charge in [0, 0.05) is 5.71 Å². The first-order chi connectivity index (χ1) is 14.4. The Labute approximate surface area is 179 Å². The highest BCUT2D eigenvalue weighted by Crippen LogP contribution is 2.26. The maximum absolute atomic E-state index is 13.4. The van der Waals surface area contributed by atoms with Gasteiger partial charge in [0.15, 0.2) is 0 Å². The van der Waals surface area contributed by atoms with Crippen LogP contribution in [-0.4, -0.2) is 26.6 Å². The molecule has 1 fully saturated rings. The Kier molecular flexibility index (Phi) is 7.26. The number of rotatable bonds is 6. The molecule has 30 heavy (non-hydrogen) atoms. The van der Waals surface area contributed by atoms with Gasteiger partial charge in [0.05, 0.1) is 10.6 Å². The number of aryl methyl sites for hydroxylation is 2. The molecule has 7 heteroatoms. The number of para-hydroxylation sites is 1. The van der Waals surface area contributed by atoms with Crippen molar-refractivity contribution in [2.24, 2.45) is 5.10 Å². The monoisotopic (exact) mass is 427 g/mol. The van der Waals surface area contributed by atoms with E-state index in [0.717, 1.165) is 46.8 Å². The lowest BCUT2D eigenvalue weighted by atomic mass is 10.2. The van der Waals surface area contributed by atoms with Crippen molar-refractivity contribution in [2.45, 2.75) is 57.3 Å². The number of sulfonamides is 1. The zero-order valence-corrected chi connectivity index (χ0v) is 18.4. The van der Waals surface area contributed by atoms with Gasteiger partial charge in [-0.05, 0) is 63.3 Å². The fraction of sp³-hybridized carbons (Fsp3) is 0.391. The van der Waals surface area contributed by atoms with E-state index in [-0.39, 0.29) is 11.4 Å². The third-order valence-corrected chi connectivity index (χ3v) is 7.07. The van der Waals surface area contributed by atoms with Crippen LogP contribution in [0.3, 0.4) is 0 Å². The number of benzene rings is 2. The van der Waals surface area contributed by atoms with E-state index >= 15 is 0 Å². The van der Waals surface area contributed by atoms with Gasteiger partial charge in [-0.15, -0.1) is 0 Å². The molecule has 0 aliphatic heterocycles. The van der Waals surface area contributed by atoms with Gasteiger partial charge in [-0.25, -0.2) is 13.8 Å². The van der Waals surface area contributed by atoms with E-state index in [2.05, 4.69) is 10.5 Å². The summed E-state index contributed by atoms with van der Waals surface area (Å²) in [7, 11) is -3.91. The van der Waals surface area contributed by atoms with E-state index in [9.17, 15) is 13.2 Å².